The van der Waals surface area contributed by atoms with Crippen LogP contribution in [0.5, 0.6) is 0 Å². The van der Waals surface area contributed by atoms with Crippen molar-refractivity contribution < 1.29 is 29.7 Å². The quantitative estimate of drug-likeness (QED) is 0.0894. The Morgan fingerprint density at radius 2 is 1.29 bits per heavy atom. The van der Waals surface area contributed by atoms with Crippen LogP contribution < -0.4 is 21.3 Å². The van der Waals surface area contributed by atoms with E-state index >= 15 is 0 Å². The summed E-state index contributed by atoms with van der Waals surface area (Å²) in [5.74, 6) is -2.28. The molecule has 55 heavy (non-hydrogen) atoms. The van der Waals surface area contributed by atoms with Crippen LogP contribution in [0.2, 0.25) is 0 Å². The molecule has 0 bridgehead atoms. The highest BCUT2D eigenvalue weighted by molar-refractivity contribution is 5.72. The first-order chi connectivity index (χ1) is 26.7. The molecule has 2 aliphatic carbocycles. The summed E-state index contributed by atoms with van der Waals surface area (Å²) >= 11 is 0. The maximum Gasteiger partial charge on any atom is 0.307 e. The van der Waals surface area contributed by atoms with Gasteiger partial charge in [0.25, 0.3) is 0 Å². The average molecular weight is 758 g/mol. The first-order valence-electron chi connectivity index (χ1n) is 20.8. The molecule has 8 atom stereocenters. The lowest BCUT2D eigenvalue weighted by molar-refractivity contribution is -0.144. The van der Waals surface area contributed by atoms with Crippen molar-refractivity contribution in [1.82, 2.24) is 26.2 Å². The zero-order valence-corrected chi connectivity index (χ0v) is 32.3. The van der Waals surface area contributed by atoms with Crippen molar-refractivity contribution >= 4 is 17.9 Å². The van der Waals surface area contributed by atoms with Crippen molar-refractivity contribution in [3.8, 4) is 0 Å². The summed E-state index contributed by atoms with van der Waals surface area (Å²) in [7, 11) is 0. The molecule has 6 rings (SSSR count). The summed E-state index contributed by atoms with van der Waals surface area (Å²) in [6.45, 7) is 8.80. The van der Waals surface area contributed by atoms with Crippen LogP contribution in [0.25, 0.3) is 0 Å². The Morgan fingerprint density at radius 3 is 1.91 bits per heavy atom. The molecular weight excluding hydrogens is 695 g/mol. The van der Waals surface area contributed by atoms with Crippen molar-refractivity contribution in [1.29, 1.82) is 0 Å². The number of nitrogens with zero attached hydrogens (tertiary/aromatic N) is 1. The number of hydrogen-bond donors (Lipinski definition) is 7. The van der Waals surface area contributed by atoms with E-state index in [-0.39, 0.29) is 47.3 Å². The third-order valence-electron chi connectivity index (χ3n) is 12.7. The molecular formula is C44H63N5O6. The molecule has 3 aliphatic heterocycles. The van der Waals surface area contributed by atoms with Gasteiger partial charge in [-0.3, -0.25) is 19.3 Å². The molecule has 0 radical (unpaired) electrons. The molecule has 2 unspecified atom stereocenters. The number of aliphatic carboxylic acids is 3. The van der Waals surface area contributed by atoms with Gasteiger partial charge in [-0.2, -0.15) is 0 Å². The van der Waals surface area contributed by atoms with E-state index in [1.165, 1.54) is 5.57 Å². The van der Waals surface area contributed by atoms with E-state index in [0.29, 0.717) is 25.8 Å². The van der Waals surface area contributed by atoms with Gasteiger partial charge in [0, 0.05) is 32.7 Å². The van der Waals surface area contributed by atoms with E-state index < -0.39 is 17.9 Å². The van der Waals surface area contributed by atoms with Crippen LogP contribution in [0.4, 0.5) is 0 Å². The summed E-state index contributed by atoms with van der Waals surface area (Å²) in [6, 6.07) is 8.30. The Hall–Kier alpha value is -3.61. The molecule has 7 N–H and O–H groups in total. The highest BCUT2D eigenvalue weighted by Gasteiger charge is 2.34. The predicted octanol–water partition coefficient (Wildman–Crippen LogP) is 4.34. The van der Waals surface area contributed by atoms with Gasteiger partial charge in [0.1, 0.15) is 0 Å². The van der Waals surface area contributed by atoms with Gasteiger partial charge in [-0.05, 0) is 137 Å². The molecule has 0 spiro atoms. The van der Waals surface area contributed by atoms with E-state index in [2.05, 4.69) is 74.8 Å². The Labute approximate surface area is 326 Å². The lowest BCUT2D eigenvalue weighted by Crippen LogP contribution is -2.37. The van der Waals surface area contributed by atoms with Crippen molar-refractivity contribution in [2.75, 3.05) is 65.4 Å². The minimum Gasteiger partial charge on any atom is -0.481 e. The normalized spacial score (nSPS) is 26.8. The topological polar surface area (TPSA) is 163 Å². The number of rotatable bonds is 21. The number of benzene rings is 1. The fourth-order valence-electron chi connectivity index (χ4n) is 9.64. The maximum atomic E-state index is 12.3. The summed E-state index contributed by atoms with van der Waals surface area (Å²) in [6.07, 6.45) is 19.6. The Bertz CT molecular complexity index is 1570. The molecule has 300 valence electrons. The Morgan fingerprint density at radius 1 is 0.727 bits per heavy atom. The van der Waals surface area contributed by atoms with Gasteiger partial charge in [0.05, 0.1) is 17.8 Å². The molecule has 11 nitrogen and oxygen atoms in total. The van der Waals surface area contributed by atoms with Gasteiger partial charge in [0.2, 0.25) is 0 Å². The number of carboxylic acids is 3. The van der Waals surface area contributed by atoms with Crippen LogP contribution in [0.15, 0.2) is 71.9 Å². The minimum atomic E-state index is -0.720. The number of carbonyl (C=O) groups is 3. The van der Waals surface area contributed by atoms with Crippen LogP contribution in [0, 0.1) is 47.3 Å². The van der Waals surface area contributed by atoms with E-state index in [1.54, 1.807) is 0 Å². The van der Waals surface area contributed by atoms with Gasteiger partial charge >= 0.3 is 17.9 Å². The number of allylic oxidation sites excluding steroid dienone is 5. The molecule has 1 aromatic rings. The van der Waals surface area contributed by atoms with Gasteiger partial charge < -0.3 is 36.6 Å². The molecule has 5 aliphatic rings. The monoisotopic (exact) mass is 757 g/mol. The van der Waals surface area contributed by atoms with Crippen LogP contribution in [-0.2, 0) is 27.3 Å². The predicted molar refractivity (Wildman–Crippen MR) is 214 cm³/mol. The number of nitrogens with one attached hydrogen (secondary N) is 4. The van der Waals surface area contributed by atoms with Gasteiger partial charge in [-0.15, -0.1) is 0 Å². The van der Waals surface area contributed by atoms with Crippen LogP contribution in [-0.4, -0.2) is 104 Å². The molecule has 0 amide bonds. The molecule has 0 aromatic heterocycles. The van der Waals surface area contributed by atoms with E-state index in [1.807, 2.05) is 12.1 Å². The number of hydrogen-bond acceptors (Lipinski definition) is 8. The third kappa shape index (κ3) is 12.2. The minimum absolute atomic E-state index is 0.155. The summed E-state index contributed by atoms with van der Waals surface area (Å²) in [5, 5.41) is 43.8. The van der Waals surface area contributed by atoms with Crippen molar-refractivity contribution in [2.24, 2.45) is 47.3 Å². The Kier molecular flexibility index (Phi) is 15.3. The standard InChI is InChI=1S/C44H63N5O6/c50-42(51)39(36-10-13-45-25-36)21-30-4-1-7-33(18-30)24-48-16-17-49(28-34-8-2-5-31(19-34)22-40(43(52)53)37-11-14-46-26-37)29-35-9-3-6-32(20-35)23-41(44(54)55)38-12-15-47-27-38/h1-5,7,9,18-20,32,34,36-41,45-48H,6,8,10-17,21-29H2,(H,50,51)(H,52,53)(H,54,55)/t32?,34?,36-,37-,38-,39-,40-,41-/m0/s1. The van der Waals surface area contributed by atoms with E-state index in [9.17, 15) is 29.7 Å². The molecule has 0 saturated carbocycles. The SMILES string of the molecule is O=C(O)[C@@H](CC1=CC(CN(CCNCc2cccc(C[C@H](C(=O)O)[C@H]3CCNC3)c2)CC2=CC(C[C@H](C(=O)O)[C@H]3CCNC3)CC=C2)CC=C1)[C@H]1CCNC1. The first-order valence-corrected chi connectivity index (χ1v) is 20.8. The second kappa shape index (κ2) is 20.5. The van der Waals surface area contributed by atoms with E-state index in [0.717, 1.165) is 114 Å². The fraction of sp³-hybridized carbons (Fsp3) is 0.614. The van der Waals surface area contributed by atoms with Crippen LogP contribution in [0.3, 0.4) is 0 Å². The van der Waals surface area contributed by atoms with Gasteiger partial charge in [-0.25, -0.2) is 0 Å². The smallest absolute Gasteiger partial charge is 0.307 e. The largest absolute Gasteiger partial charge is 0.481 e. The van der Waals surface area contributed by atoms with Crippen molar-refractivity contribution in [2.45, 2.75) is 57.9 Å². The summed E-state index contributed by atoms with van der Waals surface area (Å²) in [4.78, 5) is 39.2. The first kappa shape index (κ1) is 41.0. The van der Waals surface area contributed by atoms with Crippen molar-refractivity contribution in [3.05, 3.63) is 83.0 Å². The second-order valence-electron chi connectivity index (χ2n) is 16.7. The number of carboxylic acid groups (broad SMARTS) is 3. The molecule has 3 saturated heterocycles. The van der Waals surface area contributed by atoms with Gasteiger partial charge in [0.15, 0.2) is 0 Å². The summed E-state index contributed by atoms with van der Waals surface area (Å²) in [5.41, 5.74) is 4.53. The maximum absolute atomic E-state index is 12.3. The molecule has 1 aromatic carbocycles. The van der Waals surface area contributed by atoms with Crippen molar-refractivity contribution in [3.63, 3.8) is 0 Å². The summed E-state index contributed by atoms with van der Waals surface area (Å²) < 4.78 is 0. The third-order valence-corrected chi connectivity index (χ3v) is 12.7. The van der Waals surface area contributed by atoms with Crippen LogP contribution >= 0.6 is 0 Å². The highest BCUT2D eigenvalue weighted by Crippen LogP contribution is 2.32. The zero-order chi connectivity index (χ0) is 38.6. The lowest BCUT2D eigenvalue weighted by atomic mass is 9.81. The van der Waals surface area contributed by atoms with Crippen LogP contribution in [0.1, 0.15) is 56.1 Å². The zero-order valence-electron chi connectivity index (χ0n) is 32.3. The lowest BCUT2D eigenvalue weighted by Gasteiger charge is -2.30. The fourth-order valence-corrected chi connectivity index (χ4v) is 9.64. The highest BCUT2D eigenvalue weighted by atomic mass is 16.4. The molecule has 11 heteroatoms. The molecule has 3 heterocycles. The van der Waals surface area contributed by atoms with E-state index in [4.69, 9.17) is 0 Å². The van der Waals surface area contributed by atoms with Gasteiger partial charge in [-0.1, -0.05) is 66.3 Å². The average Bonchev–Trinajstić information content (AvgIpc) is 3.99. The Balaban J connectivity index is 1.10. The second-order valence-corrected chi connectivity index (χ2v) is 16.7. The molecule has 3 fully saturated rings.